The van der Waals surface area contributed by atoms with Crippen molar-refractivity contribution in [3.63, 3.8) is 0 Å². The van der Waals surface area contributed by atoms with Gasteiger partial charge in [0.15, 0.2) is 0 Å². The van der Waals surface area contributed by atoms with Gasteiger partial charge >= 0.3 is 0 Å². The van der Waals surface area contributed by atoms with Crippen LogP contribution in [0.25, 0.3) is 0 Å². The van der Waals surface area contributed by atoms with Gasteiger partial charge in [0.25, 0.3) is 0 Å². The van der Waals surface area contributed by atoms with Crippen molar-refractivity contribution in [2.24, 2.45) is 0 Å². The van der Waals surface area contributed by atoms with E-state index in [0.717, 1.165) is 6.42 Å². The number of thiophene rings is 1. The van der Waals surface area contributed by atoms with Gasteiger partial charge in [-0.1, -0.05) is 6.07 Å². The Balaban J connectivity index is 1.77. The van der Waals surface area contributed by atoms with E-state index in [1.807, 2.05) is 6.07 Å². The van der Waals surface area contributed by atoms with E-state index in [1.54, 1.807) is 15.6 Å². The number of hydrogen-bond donors (Lipinski definition) is 1. The second kappa shape index (κ2) is 5.48. The zero-order chi connectivity index (χ0) is 12.3. The molecule has 2 rings (SSSR count). The van der Waals surface area contributed by atoms with Crippen LogP contribution in [0.2, 0.25) is 0 Å². The summed E-state index contributed by atoms with van der Waals surface area (Å²) in [5.74, 6) is 0.313. The summed E-state index contributed by atoms with van der Waals surface area (Å²) in [7, 11) is -2.94. The number of nitrogens with zero attached hydrogens (tertiary/aromatic N) is 1. The molecule has 1 aromatic heterocycles. The number of nitrogens with one attached hydrogen (secondary N) is 1. The molecule has 1 fully saturated rings. The molecule has 0 amide bonds. The molecule has 1 aromatic rings. The van der Waals surface area contributed by atoms with Crippen LogP contribution in [0.1, 0.15) is 24.3 Å². The quantitative estimate of drug-likeness (QED) is 0.884. The van der Waals surface area contributed by atoms with E-state index in [2.05, 4.69) is 23.7 Å². The van der Waals surface area contributed by atoms with E-state index in [0.29, 0.717) is 31.4 Å². The number of rotatable bonds is 5. The van der Waals surface area contributed by atoms with Crippen LogP contribution in [-0.2, 0) is 10.0 Å². The summed E-state index contributed by atoms with van der Waals surface area (Å²) in [6.45, 7) is 4.07. The fourth-order valence-electron chi connectivity index (χ4n) is 1.99. The van der Waals surface area contributed by atoms with Gasteiger partial charge < -0.3 is 5.32 Å². The molecule has 0 aromatic carbocycles. The minimum atomic E-state index is -2.94. The molecule has 17 heavy (non-hydrogen) atoms. The van der Waals surface area contributed by atoms with Gasteiger partial charge in [0.05, 0.1) is 5.75 Å². The lowest BCUT2D eigenvalue weighted by atomic mass is 10.3. The largest absolute Gasteiger partial charge is 0.308 e. The molecule has 96 valence electrons. The first-order valence-electron chi connectivity index (χ1n) is 5.84. The van der Waals surface area contributed by atoms with E-state index in [9.17, 15) is 8.42 Å². The van der Waals surface area contributed by atoms with Gasteiger partial charge in [-0.15, -0.1) is 11.3 Å². The Labute approximate surface area is 107 Å². The highest BCUT2D eigenvalue weighted by Crippen LogP contribution is 2.18. The lowest BCUT2D eigenvalue weighted by Crippen LogP contribution is -2.34. The molecule has 1 aliphatic heterocycles. The Kier molecular flexibility index (Phi) is 4.19. The summed E-state index contributed by atoms with van der Waals surface area (Å²) in [6, 6.07) is 4.42. The van der Waals surface area contributed by atoms with Crippen molar-refractivity contribution in [1.29, 1.82) is 0 Å². The molecule has 0 bridgehead atoms. The number of sulfonamides is 1. The van der Waals surface area contributed by atoms with Gasteiger partial charge in [-0.2, -0.15) is 0 Å². The van der Waals surface area contributed by atoms with Crippen molar-refractivity contribution in [2.45, 2.75) is 19.4 Å². The highest BCUT2D eigenvalue weighted by molar-refractivity contribution is 7.89. The molecular weight excluding hydrogens is 256 g/mol. The van der Waals surface area contributed by atoms with E-state index in [-0.39, 0.29) is 0 Å². The highest BCUT2D eigenvalue weighted by atomic mass is 32.2. The average Bonchev–Trinajstić information content (AvgIpc) is 2.88. The summed E-state index contributed by atoms with van der Waals surface area (Å²) >= 11 is 1.72. The van der Waals surface area contributed by atoms with Gasteiger partial charge in [-0.05, 0) is 24.8 Å². The standard InChI is InChI=1S/C11H18N2O2S2/c1-10(11-4-2-8-16-11)12-5-7-13-6-3-9-17(13,14)15/h2,4,8,10,12H,3,5-7,9H2,1H3. The van der Waals surface area contributed by atoms with Crippen molar-refractivity contribution >= 4 is 21.4 Å². The molecule has 0 saturated carbocycles. The van der Waals surface area contributed by atoms with Crippen LogP contribution >= 0.6 is 11.3 Å². The second-order valence-corrected chi connectivity index (χ2v) is 7.33. The summed E-state index contributed by atoms with van der Waals surface area (Å²) in [5.41, 5.74) is 0. The molecule has 1 unspecified atom stereocenters. The predicted octanol–water partition coefficient (Wildman–Crippen LogP) is 1.43. The zero-order valence-electron chi connectivity index (χ0n) is 9.93. The third-order valence-electron chi connectivity index (χ3n) is 2.98. The normalized spacial score (nSPS) is 21.7. The first-order chi connectivity index (χ1) is 8.09. The van der Waals surface area contributed by atoms with E-state index in [4.69, 9.17) is 0 Å². The van der Waals surface area contributed by atoms with E-state index < -0.39 is 10.0 Å². The van der Waals surface area contributed by atoms with Crippen LogP contribution < -0.4 is 5.32 Å². The highest BCUT2D eigenvalue weighted by Gasteiger charge is 2.27. The third-order valence-corrected chi connectivity index (χ3v) is 6.00. The third kappa shape index (κ3) is 3.28. The molecule has 1 atom stereocenters. The van der Waals surface area contributed by atoms with Gasteiger partial charge in [-0.25, -0.2) is 12.7 Å². The monoisotopic (exact) mass is 274 g/mol. The fraction of sp³-hybridized carbons (Fsp3) is 0.636. The van der Waals surface area contributed by atoms with Crippen molar-refractivity contribution in [1.82, 2.24) is 9.62 Å². The Morgan fingerprint density at radius 2 is 2.41 bits per heavy atom. The van der Waals surface area contributed by atoms with Crippen molar-refractivity contribution in [3.05, 3.63) is 22.4 Å². The first kappa shape index (κ1) is 13.0. The van der Waals surface area contributed by atoms with Crippen LogP contribution in [-0.4, -0.2) is 38.1 Å². The molecule has 6 heteroatoms. The van der Waals surface area contributed by atoms with Crippen molar-refractivity contribution in [3.8, 4) is 0 Å². The minimum Gasteiger partial charge on any atom is -0.308 e. The zero-order valence-corrected chi connectivity index (χ0v) is 11.6. The van der Waals surface area contributed by atoms with E-state index >= 15 is 0 Å². The van der Waals surface area contributed by atoms with Crippen LogP contribution in [0.5, 0.6) is 0 Å². The van der Waals surface area contributed by atoms with Crippen LogP contribution in [0, 0.1) is 0 Å². The summed E-state index contributed by atoms with van der Waals surface area (Å²) in [4.78, 5) is 1.29. The van der Waals surface area contributed by atoms with Gasteiger partial charge in [0.2, 0.25) is 10.0 Å². The smallest absolute Gasteiger partial charge is 0.214 e. The Bertz CT molecular complexity index is 442. The SMILES string of the molecule is CC(NCCN1CCCS1(=O)=O)c1cccs1. The molecule has 1 N–H and O–H groups in total. The van der Waals surface area contributed by atoms with Crippen molar-refractivity contribution in [2.75, 3.05) is 25.4 Å². The van der Waals surface area contributed by atoms with Gasteiger partial charge in [-0.3, -0.25) is 0 Å². The lowest BCUT2D eigenvalue weighted by Gasteiger charge is -2.17. The molecule has 0 aliphatic carbocycles. The minimum absolute atomic E-state index is 0.292. The molecule has 0 radical (unpaired) electrons. The first-order valence-corrected chi connectivity index (χ1v) is 8.33. The lowest BCUT2D eigenvalue weighted by molar-refractivity contribution is 0.423. The Hall–Kier alpha value is -0.430. The molecule has 4 nitrogen and oxygen atoms in total. The molecule has 1 aliphatic rings. The van der Waals surface area contributed by atoms with Gasteiger partial charge in [0.1, 0.15) is 0 Å². The van der Waals surface area contributed by atoms with Crippen molar-refractivity contribution < 1.29 is 8.42 Å². The second-order valence-electron chi connectivity index (χ2n) is 4.26. The van der Waals surface area contributed by atoms with Gasteiger partial charge in [0, 0.05) is 30.6 Å². The average molecular weight is 274 g/mol. The molecular formula is C11H18N2O2S2. The maximum atomic E-state index is 11.6. The Morgan fingerprint density at radius 3 is 3.00 bits per heavy atom. The molecule has 0 spiro atoms. The predicted molar refractivity (Wildman–Crippen MR) is 70.7 cm³/mol. The summed E-state index contributed by atoms with van der Waals surface area (Å²) in [6.07, 6.45) is 0.767. The Morgan fingerprint density at radius 1 is 1.59 bits per heavy atom. The molecule has 2 heterocycles. The number of hydrogen-bond acceptors (Lipinski definition) is 4. The summed E-state index contributed by atoms with van der Waals surface area (Å²) in [5, 5.41) is 5.41. The maximum Gasteiger partial charge on any atom is 0.214 e. The molecule has 1 saturated heterocycles. The van der Waals surface area contributed by atoms with Crippen LogP contribution in [0.4, 0.5) is 0 Å². The maximum absolute atomic E-state index is 11.6. The topological polar surface area (TPSA) is 49.4 Å². The fourth-order valence-corrected chi connectivity index (χ4v) is 4.27. The summed E-state index contributed by atoms with van der Waals surface area (Å²) < 4.78 is 24.7. The van der Waals surface area contributed by atoms with E-state index in [1.165, 1.54) is 4.88 Å². The van der Waals surface area contributed by atoms with Crippen LogP contribution in [0.3, 0.4) is 0 Å². The van der Waals surface area contributed by atoms with Crippen LogP contribution in [0.15, 0.2) is 17.5 Å².